The van der Waals surface area contributed by atoms with Gasteiger partial charge in [-0.2, -0.15) is 0 Å². The van der Waals surface area contributed by atoms with Crippen LogP contribution in [-0.2, 0) is 14.3 Å². The molecule has 1 aromatic rings. The molecule has 5 nitrogen and oxygen atoms in total. The Kier molecular flexibility index (Phi) is 6.16. The molecule has 3 fully saturated rings. The SMILES string of the molecule is CC(C)(C)OC(=O)[C@@H]1C[C@@H]2CCC[C@@H]2N[C@@H]1c1ccc(NC2CCOCC2)cc1. The molecule has 5 heteroatoms. The van der Waals surface area contributed by atoms with E-state index in [4.69, 9.17) is 9.47 Å². The van der Waals surface area contributed by atoms with Crippen LogP contribution in [0.4, 0.5) is 5.69 Å². The summed E-state index contributed by atoms with van der Waals surface area (Å²) in [6, 6.07) is 9.69. The molecule has 4 atom stereocenters. The maximum absolute atomic E-state index is 13.0. The van der Waals surface area contributed by atoms with Crippen molar-refractivity contribution in [2.24, 2.45) is 11.8 Å². The summed E-state index contributed by atoms with van der Waals surface area (Å²) in [5, 5.41) is 7.43. The first-order valence-electron chi connectivity index (χ1n) is 11.3. The van der Waals surface area contributed by atoms with Crippen LogP contribution in [0.1, 0.15) is 70.9 Å². The second-order valence-corrected chi connectivity index (χ2v) is 9.97. The van der Waals surface area contributed by atoms with Crippen LogP contribution in [0.5, 0.6) is 0 Å². The van der Waals surface area contributed by atoms with Crippen molar-refractivity contribution in [3.63, 3.8) is 0 Å². The van der Waals surface area contributed by atoms with Gasteiger partial charge in [0.2, 0.25) is 0 Å². The van der Waals surface area contributed by atoms with Gasteiger partial charge in [-0.05, 0) is 76.5 Å². The number of fused-ring (bicyclic) bond motifs is 1. The predicted octanol–water partition coefficient (Wildman–Crippen LogP) is 4.44. The highest BCUT2D eigenvalue weighted by atomic mass is 16.6. The van der Waals surface area contributed by atoms with Crippen LogP contribution < -0.4 is 10.6 Å². The van der Waals surface area contributed by atoms with Gasteiger partial charge in [0.15, 0.2) is 0 Å². The molecule has 160 valence electrons. The number of carbonyl (C=O) groups is 1. The number of benzene rings is 1. The third kappa shape index (κ3) is 5.13. The summed E-state index contributed by atoms with van der Waals surface area (Å²) in [7, 11) is 0. The second kappa shape index (κ2) is 8.65. The van der Waals surface area contributed by atoms with Gasteiger partial charge in [0, 0.05) is 37.0 Å². The highest BCUT2D eigenvalue weighted by Crippen LogP contribution is 2.42. The van der Waals surface area contributed by atoms with Gasteiger partial charge in [-0.25, -0.2) is 0 Å². The van der Waals surface area contributed by atoms with E-state index in [1.54, 1.807) is 0 Å². The normalized spacial score (nSPS) is 30.6. The fraction of sp³-hybridized carbons (Fsp3) is 0.708. The van der Waals surface area contributed by atoms with E-state index in [0.717, 1.165) is 38.2 Å². The number of nitrogens with one attached hydrogen (secondary N) is 2. The minimum atomic E-state index is -0.453. The van der Waals surface area contributed by atoms with Gasteiger partial charge in [-0.3, -0.25) is 4.79 Å². The summed E-state index contributed by atoms with van der Waals surface area (Å²) in [5.41, 5.74) is 1.87. The zero-order chi connectivity index (χ0) is 20.4. The molecule has 4 rings (SSSR count). The maximum Gasteiger partial charge on any atom is 0.311 e. The first-order chi connectivity index (χ1) is 13.9. The van der Waals surface area contributed by atoms with Crippen molar-refractivity contribution in [3.05, 3.63) is 29.8 Å². The van der Waals surface area contributed by atoms with Gasteiger partial charge >= 0.3 is 5.97 Å². The molecule has 1 saturated carbocycles. The fourth-order valence-corrected chi connectivity index (χ4v) is 5.15. The number of ether oxygens (including phenoxy) is 2. The first kappa shape index (κ1) is 20.7. The van der Waals surface area contributed by atoms with Crippen molar-refractivity contribution in [2.45, 2.75) is 83.0 Å². The molecule has 0 spiro atoms. The Morgan fingerprint density at radius 2 is 1.83 bits per heavy atom. The van der Waals surface area contributed by atoms with Crippen LogP contribution >= 0.6 is 0 Å². The minimum absolute atomic E-state index is 0.0290. The third-order valence-corrected chi connectivity index (χ3v) is 6.58. The smallest absolute Gasteiger partial charge is 0.311 e. The highest BCUT2D eigenvalue weighted by Gasteiger charge is 2.44. The predicted molar refractivity (Wildman–Crippen MR) is 115 cm³/mol. The molecule has 1 aromatic carbocycles. The number of anilines is 1. The molecule has 2 heterocycles. The van der Waals surface area contributed by atoms with Crippen molar-refractivity contribution in [2.75, 3.05) is 18.5 Å². The lowest BCUT2D eigenvalue weighted by Gasteiger charge is -2.40. The monoisotopic (exact) mass is 400 g/mol. The largest absolute Gasteiger partial charge is 0.460 e. The van der Waals surface area contributed by atoms with Crippen LogP contribution in [0.15, 0.2) is 24.3 Å². The molecular formula is C24H36N2O3. The average molecular weight is 401 g/mol. The van der Waals surface area contributed by atoms with Crippen molar-refractivity contribution in [1.29, 1.82) is 0 Å². The molecule has 0 amide bonds. The van der Waals surface area contributed by atoms with Gasteiger partial charge < -0.3 is 20.1 Å². The van der Waals surface area contributed by atoms with E-state index in [1.165, 1.54) is 24.8 Å². The molecule has 0 unspecified atom stereocenters. The number of esters is 1. The number of carbonyl (C=O) groups excluding carboxylic acids is 1. The molecule has 2 N–H and O–H groups in total. The topological polar surface area (TPSA) is 59.6 Å². The molecule has 2 saturated heterocycles. The fourth-order valence-electron chi connectivity index (χ4n) is 5.15. The van der Waals surface area contributed by atoms with Gasteiger partial charge in [0.05, 0.1) is 5.92 Å². The summed E-state index contributed by atoms with van der Waals surface area (Å²) < 4.78 is 11.2. The maximum atomic E-state index is 13.0. The van der Waals surface area contributed by atoms with Crippen LogP contribution in [-0.4, -0.2) is 36.9 Å². The lowest BCUT2D eigenvalue weighted by molar-refractivity contribution is -0.163. The van der Waals surface area contributed by atoms with E-state index >= 15 is 0 Å². The molecule has 0 radical (unpaired) electrons. The molecule has 0 aromatic heterocycles. The Morgan fingerprint density at radius 3 is 2.52 bits per heavy atom. The van der Waals surface area contributed by atoms with E-state index in [1.807, 2.05) is 20.8 Å². The van der Waals surface area contributed by atoms with Crippen molar-refractivity contribution in [3.8, 4) is 0 Å². The van der Waals surface area contributed by atoms with Crippen LogP contribution in [0.2, 0.25) is 0 Å². The lowest BCUT2D eigenvalue weighted by Crippen LogP contribution is -2.48. The van der Waals surface area contributed by atoms with E-state index in [-0.39, 0.29) is 17.9 Å². The zero-order valence-corrected chi connectivity index (χ0v) is 18.1. The van der Waals surface area contributed by atoms with Crippen molar-refractivity contribution >= 4 is 11.7 Å². The van der Waals surface area contributed by atoms with Gasteiger partial charge in [-0.15, -0.1) is 0 Å². The van der Waals surface area contributed by atoms with Crippen LogP contribution in [0.25, 0.3) is 0 Å². The quantitative estimate of drug-likeness (QED) is 0.732. The minimum Gasteiger partial charge on any atom is -0.460 e. The summed E-state index contributed by atoms with van der Waals surface area (Å²) in [6.07, 6.45) is 6.72. The molecule has 29 heavy (non-hydrogen) atoms. The van der Waals surface area contributed by atoms with E-state index in [2.05, 4.69) is 34.9 Å². The average Bonchev–Trinajstić information content (AvgIpc) is 3.15. The Bertz CT molecular complexity index is 691. The zero-order valence-electron chi connectivity index (χ0n) is 18.1. The highest BCUT2D eigenvalue weighted by molar-refractivity contribution is 5.74. The number of piperidine rings is 1. The molecule has 0 bridgehead atoms. The number of hydrogen-bond acceptors (Lipinski definition) is 5. The summed E-state index contributed by atoms with van der Waals surface area (Å²) >= 11 is 0. The summed E-state index contributed by atoms with van der Waals surface area (Å²) in [6.45, 7) is 7.52. The molecule has 1 aliphatic carbocycles. The van der Waals surface area contributed by atoms with Crippen LogP contribution in [0.3, 0.4) is 0 Å². The van der Waals surface area contributed by atoms with E-state index in [9.17, 15) is 4.79 Å². The molecule has 2 aliphatic heterocycles. The van der Waals surface area contributed by atoms with Gasteiger partial charge in [-0.1, -0.05) is 18.6 Å². The van der Waals surface area contributed by atoms with Crippen LogP contribution in [0, 0.1) is 11.8 Å². The van der Waals surface area contributed by atoms with Crippen molar-refractivity contribution < 1.29 is 14.3 Å². The molecule has 3 aliphatic rings. The summed E-state index contributed by atoms with van der Waals surface area (Å²) in [4.78, 5) is 13.0. The Hall–Kier alpha value is -1.59. The van der Waals surface area contributed by atoms with Gasteiger partial charge in [0.25, 0.3) is 0 Å². The second-order valence-electron chi connectivity index (χ2n) is 9.97. The number of rotatable bonds is 4. The van der Waals surface area contributed by atoms with E-state index < -0.39 is 5.60 Å². The summed E-state index contributed by atoms with van der Waals surface area (Å²) in [5.74, 6) is 0.408. The van der Waals surface area contributed by atoms with Gasteiger partial charge in [0.1, 0.15) is 5.60 Å². The standard InChI is InChI=1S/C24H36N2O3/c1-24(2,3)29-23(27)20-15-17-5-4-6-21(17)26-22(20)16-7-9-18(10-8-16)25-19-11-13-28-14-12-19/h7-10,17,19-22,25-26H,4-6,11-15H2,1-3H3/t17-,20+,21-,22+/m0/s1. The number of hydrogen-bond donors (Lipinski definition) is 2. The van der Waals surface area contributed by atoms with Crippen molar-refractivity contribution in [1.82, 2.24) is 5.32 Å². The lowest BCUT2D eigenvalue weighted by atomic mass is 9.78. The Morgan fingerprint density at radius 1 is 1.10 bits per heavy atom. The first-order valence-corrected chi connectivity index (χ1v) is 11.3. The third-order valence-electron chi connectivity index (χ3n) is 6.58. The molecular weight excluding hydrogens is 364 g/mol. The Labute approximate surface area is 174 Å². The Balaban J connectivity index is 1.49. The van der Waals surface area contributed by atoms with E-state index in [0.29, 0.717) is 18.0 Å².